The van der Waals surface area contributed by atoms with E-state index in [0.717, 1.165) is 18.2 Å². The third-order valence-electron chi connectivity index (χ3n) is 12.8. The van der Waals surface area contributed by atoms with Crippen LogP contribution in [0.25, 0.3) is 34.2 Å². The Labute approximate surface area is 526 Å². The minimum Gasteiger partial charge on any atom is -0.444 e. The Morgan fingerprint density at radius 2 is 0.689 bits per heavy atom. The van der Waals surface area contributed by atoms with Gasteiger partial charge in [0.15, 0.2) is 17.5 Å². The number of ether oxygens (including phenoxy) is 3. The van der Waals surface area contributed by atoms with Crippen LogP contribution in [0.1, 0.15) is 62.3 Å². The number of carbonyl (C=O) groups excluding carboxylic acids is 3. The first kappa shape index (κ1) is 69.2. The molecule has 9 heterocycles. The number of amides is 3. The van der Waals surface area contributed by atoms with E-state index >= 15 is 0 Å². The van der Waals surface area contributed by atoms with Crippen LogP contribution in [-0.4, -0.2) is 192 Å². The van der Waals surface area contributed by atoms with E-state index in [1.54, 1.807) is 62.3 Å². The largest absolute Gasteiger partial charge is 0.444 e. The number of aromatic amines is 3. The predicted octanol–water partition coefficient (Wildman–Crippen LogP) is 9.06. The van der Waals surface area contributed by atoms with Crippen LogP contribution in [0.15, 0.2) is 69.4 Å². The zero-order valence-electron chi connectivity index (χ0n) is 50.4. The molecule has 0 spiro atoms. The number of halogens is 9. The lowest BCUT2D eigenvalue weighted by molar-refractivity contribution is 0.0220. The topological polar surface area (TPSA) is 274 Å². The van der Waals surface area contributed by atoms with E-state index in [9.17, 15) is 55.1 Å². The average Bonchev–Trinajstić information content (AvgIpc) is 1.86. The SMILES string of the molecule is CC(C)(C)OC(=O)N1CCN(c2nc(-c3ccnc(F)c3)[nH]c(=O)c2Cl)CC(F)C1.CC(C)(C)OC(=O)N1CCN(c2nc(-c3ccnc(F)c3)[nH]c(=O)c2Cl)CC(F)C1.CC(C)(C)OC(=O)N1CCN(c2nc(-c3ccnc(F)c3)[nH]c(=O)c2Cl)CC(F)C1. The van der Waals surface area contributed by atoms with Crippen LogP contribution in [-0.2, 0) is 14.2 Å². The summed E-state index contributed by atoms with van der Waals surface area (Å²) >= 11 is 18.4. The molecule has 24 nitrogen and oxygen atoms in total. The van der Waals surface area contributed by atoms with Crippen LogP contribution in [0.5, 0.6) is 0 Å². The van der Waals surface area contributed by atoms with Gasteiger partial charge in [0.05, 0.1) is 39.3 Å². The fraction of sp³-hybridized carbons (Fsp3) is 0.474. The number of alkyl halides is 3. The van der Waals surface area contributed by atoms with Crippen LogP contribution in [0.2, 0.25) is 15.1 Å². The highest BCUT2D eigenvalue weighted by Gasteiger charge is 2.34. The van der Waals surface area contributed by atoms with E-state index in [1.165, 1.54) is 66.2 Å². The summed E-state index contributed by atoms with van der Waals surface area (Å²) in [5.41, 5.74) is -3.17. The van der Waals surface area contributed by atoms with E-state index in [1.807, 2.05) is 0 Å². The van der Waals surface area contributed by atoms with Crippen molar-refractivity contribution in [1.82, 2.24) is 59.6 Å². The third kappa shape index (κ3) is 19.4. The minimum absolute atomic E-state index is 0.0568. The van der Waals surface area contributed by atoms with Crippen LogP contribution in [0, 0.1) is 17.8 Å². The molecule has 6 aromatic heterocycles. The molecular formula is C57H66Cl3F6N15O9. The number of anilines is 3. The molecule has 3 fully saturated rings. The summed E-state index contributed by atoms with van der Waals surface area (Å²) in [5.74, 6) is -1.82. The van der Waals surface area contributed by atoms with E-state index in [0.29, 0.717) is 16.7 Å². The smallest absolute Gasteiger partial charge is 0.410 e. The van der Waals surface area contributed by atoms with E-state index in [4.69, 9.17) is 49.0 Å². The maximum Gasteiger partial charge on any atom is 0.410 e. The Hall–Kier alpha value is -8.25. The number of carbonyl (C=O) groups is 3. The lowest BCUT2D eigenvalue weighted by atomic mass is 10.2. The minimum atomic E-state index is -1.42. The molecule has 3 N–H and O–H groups in total. The Bertz CT molecular complexity index is 3360. The van der Waals surface area contributed by atoms with Gasteiger partial charge >= 0.3 is 18.3 Å². The van der Waals surface area contributed by atoms with Gasteiger partial charge in [-0.25, -0.2) is 57.5 Å². The van der Waals surface area contributed by atoms with Gasteiger partial charge in [0.1, 0.15) is 67.9 Å². The van der Waals surface area contributed by atoms with Crippen molar-refractivity contribution in [1.29, 1.82) is 0 Å². The number of rotatable bonds is 6. The lowest BCUT2D eigenvalue weighted by Gasteiger charge is -2.26. The fourth-order valence-corrected chi connectivity index (χ4v) is 9.59. The second-order valence-corrected chi connectivity index (χ2v) is 24.8. The van der Waals surface area contributed by atoms with Gasteiger partial charge in [-0.15, -0.1) is 0 Å². The molecule has 0 bridgehead atoms. The van der Waals surface area contributed by atoms with Crippen molar-refractivity contribution < 1.29 is 54.9 Å². The van der Waals surface area contributed by atoms with E-state index in [-0.39, 0.29) is 129 Å². The van der Waals surface area contributed by atoms with Crippen LogP contribution >= 0.6 is 34.8 Å². The van der Waals surface area contributed by atoms with Crippen molar-refractivity contribution in [3.8, 4) is 34.2 Å². The highest BCUT2D eigenvalue weighted by atomic mass is 35.5. The summed E-state index contributed by atoms with van der Waals surface area (Å²) in [6.07, 6.45) is -2.40. The maximum absolute atomic E-state index is 14.6. The molecule has 9 rings (SSSR count). The molecule has 33 heteroatoms. The Morgan fingerprint density at radius 3 is 0.911 bits per heavy atom. The van der Waals surface area contributed by atoms with Gasteiger partial charge in [0, 0.05) is 92.7 Å². The van der Waals surface area contributed by atoms with Gasteiger partial charge in [0.2, 0.25) is 17.8 Å². The van der Waals surface area contributed by atoms with E-state index < -0.39 is 88.1 Å². The number of hydrogen-bond acceptors (Lipinski definition) is 18. The van der Waals surface area contributed by atoms with Crippen molar-refractivity contribution in [3.05, 3.63) is 119 Å². The van der Waals surface area contributed by atoms with Crippen LogP contribution < -0.4 is 31.4 Å². The number of H-pyrrole nitrogens is 3. The fourth-order valence-electron chi connectivity index (χ4n) is 8.96. The zero-order valence-corrected chi connectivity index (χ0v) is 52.6. The normalized spacial score (nSPS) is 17.6. The van der Waals surface area contributed by atoms with Gasteiger partial charge in [-0.3, -0.25) is 14.4 Å². The van der Waals surface area contributed by atoms with Gasteiger partial charge < -0.3 is 58.6 Å². The molecule has 6 aromatic rings. The van der Waals surface area contributed by atoms with Crippen molar-refractivity contribution in [2.24, 2.45) is 0 Å². The first-order chi connectivity index (χ1) is 42.1. The molecule has 3 aliphatic heterocycles. The number of nitrogens with one attached hydrogen (secondary N) is 3. The standard InChI is InChI=1S/3C19H22ClF2N5O3/c3*1-19(2,3)30-18(29)27-7-6-26(9-12(21)10-27)16-14(20)17(28)25-15(24-16)11-4-5-23-13(22)8-11/h3*4-5,8,12H,6-7,9-10H2,1-3H3,(H,24,25,28). The molecule has 3 unspecified atom stereocenters. The molecule has 3 saturated heterocycles. The monoisotopic (exact) mass is 1320 g/mol. The van der Waals surface area contributed by atoms with Gasteiger partial charge in [0.25, 0.3) is 16.7 Å². The molecule has 0 saturated carbocycles. The Morgan fingerprint density at radius 1 is 0.444 bits per heavy atom. The van der Waals surface area contributed by atoms with Crippen LogP contribution in [0.4, 0.5) is 58.2 Å². The summed E-state index contributed by atoms with van der Waals surface area (Å²) in [6, 6.07) is 7.76. The molecular weight excluding hydrogens is 1260 g/mol. The Kier molecular flexibility index (Phi) is 22.4. The molecule has 0 aliphatic carbocycles. The summed E-state index contributed by atoms with van der Waals surface area (Å²) in [5, 5.41) is -0.649. The second-order valence-electron chi connectivity index (χ2n) is 23.7. The van der Waals surface area contributed by atoms with Crippen molar-refractivity contribution in [2.45, 2.75) is 97.6 Å². The molecule has 0 radical (unpaired) electrons. The molecule has 3 amide bonds. The third-order valence-corrected chi connectivity index (χ3v) is 13.8. The molecule has 90 heavy (non-hydrogen) atoms. The summed E-state index contributed by atoms with van der Waals surface area (Å²) in [4.78, 5) is 113. The van der Waals surface area contributed by atoms with E-state index in [2.05, 4.69) is 44.9 Å². The summed E-state index contributed by atoms with van der Waals surface area (Å²) < 4.78 is 100. The van der Waals surface area contributed by atoms with Crippen LogP contribution in [0.3, 0.4) is 0 Å². The highest BCUT2D eigenvalue weighted by molar-refractivity contribution is 6.33. The average molecular weight is 1330 g/mol. The number of pyridine rings is 3. The van der Waals surface area contributed by atoms with Gasteiger partial charge in [-0.1, -0.05) is 34.8 Å². The molecule has 0 aromatic carbocycles. The highest BCUT2D eigenvalue weighted by Crippen LogP contribution is 2.30. The van der Waals surface area contributed by atoms with Crippen molar-refractivity contribution in [3.63, 3.8) is 0 Å². The number of nitrogens with zero attached hydrogens (tertiary/aromatic N) is 12. The molecule has 3 aliphatic rings. The lowest BCUT2D eigenvalue weighted by Crippen LogP contribution is -2.40. The quantitative estimate of drug-likeness (QED) is 0.0796. The van der Waals surface area contributed by atoms with Gasteiger partial charge in [-0.05, 0) is 80.5 Å². The van der Waals surface area contributed by atoms with Crippen molar-refractivity contribution >= 4 is 70.5 Å². The van der Waals surface area contributed by atoms with Crippen molar-refractivity contribution in [2.75, 3.05) is 93.2 Å². The zero-order chi connectivity index (χ0) is 66.2. The molecule has 486 valence electrons. The summed E-state index contributed by atoms with van der Waals surface area (Å²) in [7, 11) is 0. The second kappa shape index (κ2) is 29.1. The Balaban J connectivity index is 0.000000192. The summed E-state index contributed by atoms with van der Waals surface area (Å²) in [6.45, 7) is 15.7. The number of hydrogen-bond donors (Lipinski definition) is 3. The maximum atomic E-state index is 14.6. The number of aromatic nitrogens is 9. The first-order valence-electron chi connectivity index (χ1n) is 28.0. The predicted molar refractivity (Wildman–Crippen MR) is 324 cm³/mol. The first-order valence-corrected chi connectivity index (χ1v) is 29.1. The van der Waals surface area contributed by atoms with Gasteiger partial charge in [-0.2, -0.15) is 13.2 Å². The molecule has 3 atom stereocenters.